The molecule has 26 heavy (non-hydrogen) atoms. The highest BCUT2D eigenvalue weighted by Crippen LogP contribution is 2.27. The topological polar surface area (TPSA) is 55.9 Å². The van der Waals surface area contributed by atoms with Crippen LogP contribution in [0, 0.1) is 0 Å². The van der Waals surface area contributed by atoms with E-state index in [4.69, 9.17) is 14.2 Å². The second-order valence-electron chi connectivity index (χ2n) is 5.88. The summed E-state index contributed by atoms with van der Waals surface area (Å²) in [6, 6.07) is 10.1. The van der Waals surface area contributed by atoms with Crippen molar-refractivity contribution in [2.45, 2.75) is 13.1 Å². The average molecular weight is 380 g/mol. The van der Waals surface area contributed by atoms with E-state index < -0.39 is 0 Å². The molecule has 1 aromatic carbocycles. The second kappa shape index (κ2) is 10.2. The highest BCUT2D eigenvalue weighted by Gasteiger charge is 2.15. The van der Waals surface area contributed by atoms with E-state index in [0.717, 1.165) is 62.3 Å². The molecule has 2 aromatic rings. The number of hydrogen-bond acceptors (Lipinski definition) is 6. The summed E-state index contributed by atoms with van der Waals surface area (Å²) in [6.45, 7) is 4.80. The Labute approximate surface area is 160 Å². The lowest BCUT2D eigenvalue weighted by Crippen LogP contribution is -2.37. The number of hydrogen-bond donors (Lipinski definition) is 1. The van der Waals surface area contributed by atoms with Gasteiger partial charge in [-0.2, -0.15) is 0 Å². The number of methoxy groups -OCH3 is 2. The van der Waals surface area contributed by atoms with E-state index in [1.165, 1.54) is 5.56 Å². The SMILES string of the molecule is COc1ccc(CNCc2cccnc2N2CCOCC2)cc1OC.Cl. The molecule has 1 N–H and O–H groups in total. The predicted molar refractivity (Wildman–Crippen MR) is 105 cm³/mol. The third-order valence-electron chi connectivity index (χ3n) is 4.27. The largest absolute Gasteiger partial charge is 0.493 e. The van der Waals surface area contributed by atoms with E-state index in [1.807, 2.05) is 30.5 Å². The smallest absolute Gasteiger partial charge is 0.161 e. The second-order valence-corrected chi connectivity index (χ2v) is 5.88. The van der Waals surface area contributed by atoms with Gasteiger partial charge in [0.1, 0.15) is 5.82 Å². The van der Waals surface area contributed by atoms with Crippen LogP contribution >= 0.6 is 12.4 Å². The molecule has 0 saturated carbocycles. The van der Waals surface area contributed by atoms with Crippen LogP contribution in [0.4, 0.5) is 5.82 Å². The molecular weight excluding hydrogens is 354 g/mol. The van der Waals surface area contributed by atoms with Gasteiger partial charge in [-0.15, -0.1) is 12.4 Å². The van der Waals surface area contributed by atoms with Gasteiger partial charge in [0.25, 0.3) is 0 Å². The van der Waals surface area contributed by atoms with Gasteiger partial charge in [0.05, 0.1) is 27.4 Å². The minimum absolute atomic E-state index is 0. The van der Waals surface area contributed by atoms with Crippen LogP contribution in [-0.4, -0.2) is 45.5 Å². The van der Waals surface area contributed by atoms with Crippen molar-refractivity contribution in [1.29, 1.82) is 0 Å². The number of nitrogens with zero attached hydrogens (tertiary/aromatic N) is 2. The van der Waals surface area contributed by atoms with Crippen LogP contribution in [-0.2, 0) is 17.8 Å². The van der Waals surface area contributed by atoms with Crippen molar-refractivity contribution in [2.24, 2.45) is 0 Å². The molecule has 0 unspecified atom stereocenters. The van der Waals surface area contributed by atoms with Crippen molar-refractivity contribution >= 4 is 18.2 Å². The lowest BCUT2D eigenvalue weighted by Gasteiger charge is -2.29. The molecule has 1 saturated heterocycles. The summed E-state index contributed by atoms with van der Waals surface area (Å²) in [6.07, 6.45) is 1.85. The number of pyridine rings is 1. The molecule has 3 rings (SSSR count). The number of aromatic nitrogens is 1. The summed E-state index contributed by atoms with van der Waals surface area (Å²) in [5, 5.41) is 3.49. The van der Waals surface area contributed by atoms with Crippen LogP contribution in [0.25, 0.3) is 0 Å². The van der Waals surface area contributed by atoms with Crippen LogP contribution < -0.4 is 19.7 Å². The maximum Gasteiger partial charge on any atom is 0.161 e. The van der Waals surface area contributed by atoms with Crippen molar-refractivity contribution in [3.8, 4) is 11.5 Å². The van der Waals surface area contributed by atoms with Crippen LogP contribution in [0.5, 0.6) is 11.5 Å². The minimum atomic E-state index is 0. The first kappa shape index (κ1) is 20.3. The Morgan fingerprint density at radius 2 is 1.85 bits per heavy atom. The molecule has 7 heteroatoms. The van der Waals surface area contributed by atoms with Crippen LogP contribution in [0.15, 0.2) is 36.5 Å². The molecule has 1 fully saturated rings. The summed E-state index contributed by atoms with van der Waals surface area (Å²) in [5.74, 6) is 2.54. The van der Waals surface area contributed by atoms with Crippen LogP contribution in [0.1, 0.15) is 11.1 Å². The van der Waals surface area contributed by atoms with Crippen molar-refractivity contribution in [1.82, 2.24) is 10.3 Å². The van der Waals surface area contributed by atoms with E-state index >= 15 is 0 Å². The molecule has 142 valence electrons. The highest BCUT2D eigenvalue weighted by atomic mass is 35.5. The normalized spacial score (nSPS) is 13.8. The summed E-state index contributed by atoms with van der Waals surface area (Å²) in [4.78, 5) is 6.86. The zero-order valence-electron chi connectivity index (χ0n) is 15.2. The number of nitrogens with one attached hydrogen (secondary N) is 1. The fourth-order valence-corrected chi connectivity index (χ4v) is 2.96. The molecule has 0 bridgehead atoms. The van der Waals surface area contributed by atoms with E-state index in [0.29, 0.717) is 0 Å². The number of benzene rings is 1. The molecular formula is C19H26ClN3O3. The van der Waals surface area contributed by atoms with Gasteiger partial charge in [0.15, 0.2) is 11.5 Å². The predicted octanol–water partition coefficient (Wildman–Crippen LogP) is 2.65. The van der Waals surface area contributed by atoms with Gasteiger partial charge < -0.3 is 24.4 Å². The molecule has 1 aromatic heterocycles. The summed E-state index contributed by atoms with van der Waals surface area (Å²) >= 11 is 0. The van der Waals surface area contributed by atoms with E-state index in [2.05, 4.69) is 21.3 Å². The van der Waals surface area contributed by atoms with E-state index in [1.54, 1.807) is 14.2 Å². The highest BCUT2D eigenvalue weighted by molar-refractivity contribution is 5.85. The third-order valence-corrected chi connectivity index (χ3v) is 4.27. The Morgan fingerprint density at radius 1 is 1.08 bits per heavy atom. The first-order valence-electron chi connectivity index (χ1n) is 8.50. The molecule has 6 nitrogen and oxygen atoms in total. The van der Waals surface area contributed by atoms with Crippen molar-refractivity contribution in [2.75, 3.05) is 45.4 Å². The number of anilines is 1. The first-order valence-corrected chi connectivity index (χ1v) is 8.50. The van der Waals surface area contributed by atoms with Gasteiger partial charge in [0.2, 0.25) is 0 Å². The van der Waals surface area contributed by atoms with E-state index in [9.17, 15) is 0 Å². The maximum atomic E-state index is 5.43. The van der Waals surface area contributed by atoms with Gasteiger partial charge in [-0.3, -0.25) is 0 Å². The minimum Gasteiger partial charge on any atom is -0.493 e. The number of morpholine rings is 1. The summed E-state index contributed by atoms with van der Waals surface area (Å²) < 4.78 is 16.1. The fourth-order valence-electron chi connectivity index (χ4n) is 2.96. The van der Waals surface area contributed by atoms with Crippen molar-refractivity contribution in [3.05, 3.63) is 47.7 Å². The Bertz CT molecular complexity index is 693. The number of halogens is 1. The Kier molecular flexibility index (Phi) is 7.97. The molecule has 0 aliphatic carbocycles. The molecule has 1 aliphatic heterocycles. The summed E-state index contributed by atoms with van der Waals surface area (Å²) in [5.41, 5.74) is 2.35. The Hall–Kier alpha value is -2.02. The molecule has 2 heterocycles. The first-order chi connectivity index (χ1) is 12.3. The standard InChI is InChI=1S/C19H25N3O3.ClH/c1-23-17-6-5-15(12-18(17)24-2)13-20-14-16-4-3-7-21-19(16)22-8-10-25-11-9-22;/h3-7,12,20H,8-11,13-14H2,1-2H3;1H. The van der Waals surface area contributed by atoms with Gasteiger partial charge in [0, 0.05) is 37.9 Å². The number of rotatable bonds is 7. The van der Waals surface area contributed by atoms with Crippen molar-refractivity contribution < 1.29 is 14.2 Å². The molecule has 0 radical (unpaired) electrons. The van der Waals surface area contributed by atoms with Gasteiger partial charge in [-0.25, -0.2) is 4.98 Å². The third kappa shape index (κ3) is 5.00. The quantitative estimate of drug-likeness (QED) is 0.798. The van der Waals surface area contributed by atoms with Crippen molar-refractivity contribution in [3.63, 3.8) is 0 Å². The Balaban J connectivity index is 0.00000243. The summed E-state index contributed by atoms with van der Waals surface area (Å²) in [7, 11) is 3.30. The van der Waals surface area contributed by atoms with Gasteiger partial charge in [-0.05, 0) is 23.8 Å². The maximum absolute atomic E-state index is 5.43. The van der Waals surface area contributed by atoms with Gasteiger partial charge >= 0.3 is 0 Å². The number of ether oxygens (including phenoxy) is 3. The lowest BCUT2D eigenvalue weighted by molar-refractivity contribution is 0.122. The van der Waals surface area contributed by atoms with E-state index in [-0.39, 0.29) is 12.4 Å². The average Bonchev–Trinajstić information content (AvgIpc) is 2.69. The zero-order valence-corrected chi connectivity index (χ0v) is 16.1. The van der Waals surface area contributed by atoms with Crippen LogP contribution in [0.2, 0.25) is 0 Å². The van der Waals surface area contributed by atoms with Crippen LogP contribution in [0.3, 0.4) is 0 Å². The Morgan fingerprint density at radius 3 is 2.58 bits per heavy atom. The monoisotopic (exact) mass is 379 g/mol. The molecule has 0 spiro atoms. The molecule has 1 aliphatic rings. The molecule has 0 atom stereocenters. The fraction of sp³-hybridized carbons (Fsp3) is 0.421. The molecule has 0 amide bonds. The van der Waals surface area contributed by atoms with Gasteiger partial charge in [-0.1, -0.05) is 12.1 Å². The zero-order chi connectivity index (χ0) is 17.5. The lowest BCUT2D eigenvalue weighted by atomic mass is 10.2.